The number of ether oxygens (including phenoxy) is 1. The van der Waals surface area contributed by atoms with Gasteiger partial charge in [-0.2, -0.15) is 13.2 Å². The Morgan fingerprint density at radius 2 is 2.00 bits per heavy atom. The van der Waals surface area contributed by atoms with E-state index in [1.54, 1.807) is 0 Å². The molecule has 1 aromatic heterocycles. The molecule has 0 bridgehead atoms. The number of anilines is 2. The van der Waals surface area contributed by atoms with Crippen molar-refractivity contribution in [2.24, 2.45) is 0 Å². The average molecular weight is 424 g/mol. The second-order valence-electron chi connectivity index (χ2n) is 6.88. The molecule has 3 rings (SSSR count). The van der Waals surface area contributed by atoms with Crippen molar-refractivity contribution < 1.29 is 32.4 Å². The van der Waals surface area contributed by atoms with Crippen molar-refractivity contribution in [1.29, 1.82) is 0 Å². The zero-order chi connectivity index (χ0) is 22.3. The fourth-order valence-electron chi connectivity index (χ4n) is 2.80. The van der Waals surface area contributed by atoms with E-state index in [-0.39, 0.29) is 17.3 Å². The van der Waals surface area contributed by atoms with Crippen LogP contribution in [0.25, 0.3) is 0 Å². The van der Waals surface area contributed by atoms with Gasteiger partial charge >= 0.3 is 12.0 Å². The number of hydrogen-bond acceptors (Lipinski definition) is 6. The molecule has 0 saturated carbocycles. The van der Waals surface area contributed by atoms with Gasteiger partial charge in [-0.25, -0.2) is 0 Å². The van der Waals surface area contributed by atoms with Crippen LogP contribution in [0.5, 0.6) is 5.75 Å². The summed E-state index contributed by atoms with van der Waals surface area (Å²) in [6, 6.07) is 6.33. The van der Waals surface area contributed by atoms with Gasteiger partial charge in [-0.1, -0.05) is 6.07 Å². The van der Waals surface area contributed by atoms with Gasteiger partial charge in [-0.3, -0.25) is 14.5 Å². The first kappa shape index (κ1) is 21.0. The summed E-state index contributed by atoms with van der Waals surface area (Å²) in [7, 11) is 0. The number of nitrogens with one attached hydrogen (secondary N) is 1. The molecule has 158 valence electrons. The van der Waals surface area contributed by atoms with Crippen LogP contribution >= 0.6 is 0 Å². The highest BCUT2D eigenvalue weighted by atomic mass is 19.4. The van der Waals surface area contributed by atoms with E-state index in [4.69, 9.17) is 4.74 Å². The van der Waals surface area contributed by atoms with E-state index in [0.717, 1.165) is 29.2 Å². The highest BCUT2D eigenvalue weighted by Gasteiger charge is 2.45. The van der Waals surface area contributed by atoms with E-state index in [0.29, 0.717) is 0 Å². The lowest BCUT2D eigenvalue weighted by Crippen LogP contribution is -2.54. The lowest BCUT2D eigenvalue weighted by atomic mass is 10.1. The predicted molar refractivity (Wildman–Crippen MR) is 98.0 cm³/mol. The fourth-order valence-corrected chi connectivity index (χ4v) is 2.80. The molecular weight excluding hydrogens is 409 g/mol. The van der Waals surface area contributed by atoms with Crippen LogP contribution in [0.2, 0.25) is 0 Å². The van der Waals surface area contributed by atoms with Crippen LogP contribution in [0.3, 0.4) is 0 Å². The van der Waals surface area contributed by atoms with Crippen molar-refractivity contribution in [1.82, 2.24) is 4.98 Å². The van der Waals surface area contributed by atoms with Crippen molar-refractivity contribution in [3.63, 3.8) is 0 Å². The first-order valence-electron chi connectivity index (χ1n) is 8.52. The van der Waals surface area contributed by atoms with E-state index in [1.807, 2.05) is 0 Å². The lowest BCUT2D eigenvalue weighted by molar-refractivity contribution is -0.389. The van der Waals surface area contributed by atoms with Gasteiger partial charge in [0.15, 0.2) is 11.4 Å². The van der Waals surface area contributed by atoms with Crippen molar-refractivity contribution in [3.05, 3.63) is 52.1 Å². The van der Waals surface area contributed by atoms with Crippen molar-refractivity contribution >= 4 is 29.1 Å². The summed E-state index contributed by atoms with van der Waals surface area (Å²) >= 11 is 0. The third-order valence-electron chi connectivity index (χ3n) is 4.17. The second kappa shape index (κ2) is 7.28. The Labute approximate surface area is 167 Å². The SMILES string of the molecule is CC1(C)Oc2ccc([N+](=O)[O-])nc2N(CC(=O)Nc2cccc(C(F)(F)F)c2)C1=O. The molecule has 0 spiro atoms. The second-order valence-corrected chi connectivity index (χ2v) is 6.88. The number of aromatic nitrogens is 1. The van der Waals surface area contributed by atoms with Crippen molar-refractivity contribution in [3.8, 4) is 5.75 Å². The van der Waals surface area contributed by atoms with E-state index >= 15 is 0 Å². The minimum atomic E-state index is -4.59. The van der Waals surface area contributed by atoms with Crippen LogP contribution in [0.1, 0.15) is 19.4 Å². The summed E-state index contributed by atoms with van der Waals surface area (Å²) in [6.45, 7) is 2.25. The molecule has 2 amide bonds. The molecular formula is C18H15F3N4O5. The molecule has 1 aliphatic heterocycles. The maximum Gasteiger partial charge on any atom is 0.416 e. The number of fused-ring (bicyclic) bond motifs is 1. The summed E-state index contributed by atoms with van der Waals surface area (Å²) in [5, 5.41) is 13.3. The van der Waals surface area contributed by atoms with Gasteiger partial charge in [0.1, 0.15) is 6.54 Å². The Morgan fingerprint density at radius 3 is 2.63 bits per heavy atom. The van der Waals surface area contributed by atoms with E-state index in [2.05, 4.69) is 10.3 Å². The molecule has 0 fully saturated rings. The molecule has 0 radical (unpaired) electrons. The number of halogens is 3. The van der Waals surface area contributed by atoms with Gasteiger partial charge in [0, 0.05) is 11.8 Å². The number of rotatable bonds is 4. The van der Waals surface area contributed by atoms with Crippen LogP contribution in [0.4, 0.5) is 30.5 Å². The topological polar surface area (TPSA) is 115 Å². The summed E-state index contributed by atoms with van der Waals surface area (Å²) in [6.07, 6.45) is -4.59. The third-order valence-corrected chi connectivity index (χ3v) is 4.17. The van der Waals surface area contributed by atoms with E-state index in [9.17, 15) is 32.9 Å². The zero-order valence-corrected chi connectivity index (χ0v) is 15.7. The Hall–Kier alpha value is -3.70. The molecule has 0 saturated heterocycles. The minimum Gasteiger partial charge on any atom is -0.472 e. The van der Waals surface area contributed by atoms with E-state index in [1.165, 1.54) is 26.0 Å². The molecule has 30 heavy (non-hydrogen) atoms. The van der Waals surface area contributed by atoms with Crippen LogP contribution < -0.4 is 15.0 Å². The molecule has 1 N–H and O–H groups in total. The van der Waals surface area contributed by atoms with Crippen molar-refractivity contribution in [2.45, 2.75) is 25.6 Å². The summed E-state index contributed by atoms with van der Waals surface area (Å²) < 4.78 is 44.0. The molecule has 0 unspecified atom stereocenters. The molecule has 1 aliphatic rings. The monoisotopic (exact) mass is 424 g/mol. The average Bonchev–Trinajstić information content (AvgIpc) is 2.64. The first-order valence-corrected chi connectivity index (χ1v) is 8.52. The Bertz CT molecular complexity index is 1040. The summed E-state index contributed by atoms with van der Waals surface area (Å²) in [4.78, 5) is 40.1. The van der Waals surface area contributed by atoms with Crippen LogP contribution in [-0.2, 0) is 15.8 Å². The zero-order valence-electron chi connectivity index (χ0n) is 15.7. The van der Waals surface area contributed by atoms with Gasteiger partial charge in [-0.15, -0.1) is 0 Å². The van der Waals surface area contributed by atoms with Gasteiger partial charge in [0.25, 0.3) is 11.7 Å². The van der Waals surface area contributed by atoms with Gasteiger partial charge in [0.05, 0.1) is 5.56 Å². The molecule has 12 heteroatoms. The maximum atomic E-state index is 12.8. The molecule has 1 aromatic carbocycles. The number of alkyl halides is 3. The Balaban J connectivity index is 1.88. The third kappa shape index (κ3) is 4.16. The minimum absolute atomic E-state index is 0.0528. The quantitative estimate of drug-likeness (QED) is 0.596. The normalized spacial score (nSPS) is 15.2. The Kier molecular flexibility index (Phi) is 5.10. The van der Waals surface area contributed by atoms with Crippen LogP contribution in [0.15, 0.2) is 36.4 Å². The predicted octanol–water partition coefficient (Wildman–Crippen LogP) is 3.15. The number of nitrogens with zero attached hydrogens (tertiary/aromatic N) is 3. The van der Waals surface area contributed by atoms with Crippen molar-refractivity contribution in [2.75, 3.05) is 16.8 Å². The smallest absolute Gasteiger partial charge is 0.416 e. The molecule has 0 aliphatic carbocycles. The molecule has 2 heterocycles. The van der Waals surface area contributed by atoms with Crippen LogP contribution in [-0.4, -0.2) is 33.9 Å². The molecule has 9 nitrogen and oxygen atoms in total. The number of benzene rings is 1. The fraction of sp³-hybridized carbons (Fsp3) is 0.278. The number of pyridine rings is 1. The molecule has 2 aromatic rings. The summed E-state index contributed by atoms with van der Waals surface area (Å²) in [5.74, 6) is -2.25. The highest BCUT2D eigenvalue weighted by molar-refractivity contribution is 6.07. The van der Waals surface area contributed by atoms with Crippen LogP contribution in [0, 0.1) is 10.1 Å². The van der Waals surface area contributed by atoms with Gasteiger partial charge < -0.3 is 20.2 Å². The number of carbonyl (C=O) groups excluding carboxylic acids is 2. The highest BCUT2D eigenvalue weighted by Crippen LogP contribution is 2.37. The largest absolute Gasteiger partial charge is 0.472 e. The standard InChI is InChI=1S/C18H15F3N4O5/c1-17(2)16(27)24(15-12(30-17)6-7-13(23-15)25(28)29)9-14(26)22-11-5-3-4-10(8-11)18(19,20)21/h3-8H,9H2,1-2H3,(H,22,26). The summed E-state index contributed by atoms with van der Waals surface area (Å²) in [5.41, 5.74) is -2.46. The number of amides is 2. The molecule has 0 atom stereocenters. The van der Waals surface area contributed by atoms with Gasteiger partial charge in [-0.05, 0) is 48.0 Å². The number of carbonyl (C=O) groups is 2. The number of hydrogen-bond donors (Lipinski definition) is 1. The number of nitro groups is 1. The lowest BCUT2D eigenvalue weighted by Gasteiger charge is -2.35. The van der Waals surface area contributed by atoms with E-state index < -0.39 is 46.4 Å². The maximum absolute atomic E-state index is 12.8. The van der Waals surface area contributed by atoms with Gasteiger partial charge in [0.2, 0.25) is 5.91 Å². The first-order chi connectivity index (χ1) is 13.9. The Morgan fingerprint density at radius 1 is 1.30 bits per heavy atom.